The van der Waals surface area contributed by atoms with Crippen LogP contribution in [0.1, 0.15) is 53.5 Å². The first kappa shape index (κ1) is 23.6. The highest BCUT2D eigenvalue weighted by Gasteiger charge is 2.49. The van der Waals surface area contributed by atoms with Crippen molar-refractivity contribution in [3.8, 4) is 5.75 Å². The van der Waals surface area contributed by atoms with Gasteiger partial charge in [-0.1, -0.05) is 32.9 Å². The van der Waals surface area contributed by atoms with Crippen LogP contribution in [0.25, 0.3) is 0 Å². The Kier molecular flexibility index (Phi) is 6.44. The molecule has 30 heavy (non-hydrogen) atoms. The van der Waals surface area contributed by atoms with Crippen LogP contribution >= 0.6 is 0 Å². The number of amides is 4. The zero-order chi connectivity index (χ0) is 22.9. The van der Waals surface area contributed by atoms with Crippen molar-refractivity contribution < 1.29 is 27.9 Å². The van der Waals surface area contributed by atoms with E-state index in [0.717, 1.165) is 4.90 Å². The van der Waals surface area contributed by atoms with Gasteiger partial charge in [-0.2, -0.15) is 8.78 Å². The smallest absolute Gasteiger partial charge is 0.387 e. The molecule has 4 amide bonds. The lowest BCUT2D eigenvalue weighted by atomic mass is 9.82. The van der Waals surface area contributed by atoms with Crippen LogP contribution in [0.3, 0.4) is 0 Å². The number of halogens is 2. The van der Waals surface area contributed by atoms with Gasteiger partial charge in [-0.25, -0.2) is 4.79 Å². The average molecular weight is 425 g/mol. The van der Waals surface area contributed by atoms with Crippen LogP contribution in [0.2, 0.25) is 0 Å². The molecule has 1 aliphatic heterocycles. The number of carbonyl (C=O) groups excluding carboxylic acids is 3. The van der Waals surface area contributed by atoms with Crippen molar-refractivity contribution in [1.29, 1.82) is 0 Å². The topological polar surface area (TPSA) is 87.7 Å². The molecule has 9 heteroatoms. The number of nitrogens with zero attached hydrogens (tertiary/aromatic N) is 1. The van der Waals surface area contributed by atoms with Crippen molar-refractivity contribution in [1.82, 2.24) is 15.5 Å². The Balaban J connectivity index is 2.11. The molecule has 2 N–H and O–H groups in total. The Hall–Kier alpha value is -2.71. The molecule has 2 rings (SSSR count). The first-order valence-electron chi connectivity index (χ1n) is 9.63. The molecule has 1 aromatic rings. The second-order valence-corrected chi connectivity index (χ2v) is 9.52. The molecule has 1 aromatic carbocycles. The highest BCUT2D eigenvalue weighted by molar-refractivity contribution is 6.09. The quantitative estimate of drug-likeness (QED) is 0.656. The summed E-state index contributed by atoms with van der Waals surface area (Å²) in [5.41, 5.74) is -1.56. The third-order valence-corrected chi connectivity index (χ3v) is 4.68. The van der Waals surface area contributed by atoms with Crippen molar-refractivity contribution in [2.24, 2.45) is 5.41 Å². The lowest BCUT2D eigenvalue weighted by molar-refractivity contribution is -0.135. The van der Waals surface area contributed by atoms with E-state index < -0.39 is 42.1 Å². The molecule has 166 valence electrons. The van der Waals surface area contributed by atoms with E-state index in [1.807, 2.05) is 13.8 Å². The molecule has 0 aromatic heterocycles. The van der Waals surface area contributed by atoms with E-state index in [9.17, 15) is 23.2 Å². The molecule has 7 nitrogen and oxygen atoms in total. The zero-order valence-corrected chi connectivity index (χ0v) is 18.1. The van der Waals surface area contributed by atoms with Crippen LogP contribution in [-0.2, 0) is 15.1 Å². The number of nitrogens with one attached hydrogen (secondary N) is 2. The fourth-order valence-electron chi connectivity index (χ4n) is 3.94. The molecule has 0 radical (unpaired) electrons. The van der Waals surface area contributed by atoms with E-state index in [1.54, 1.807) is 0 Å². The number of hydrogen-bond donors (Lipinski definition) is 2. The van der Waals surface area contributed by atoms with Crippen LogP contribution in [0.15, 0.2) is 24.3 Å². The number of rotatable bonds is 7. The van der Waals surface area contributed by atoms with Gasteiger partial charge in [0.15, 0.2) is 0 Å². The number of ether oxygens (including phenoxy) is 1. The van der Waals surface area contributed by atoms with Crippen molar-refractivity contribution in [3.63, 3.8) is 0 Å². The molecular weight excluding hydrogens is 396 g/mol. The Morgan fingerprint density at radius 3 is 2.23 bits per heavy atom. The molecule has 0 bridgehead atoms. The first-order valence-corrected chi connectivity index (χ1v) is 9.63. The Morgan fingerprint density at radius 1 is 1.17 bits per heavy atom. The van der Waals surface area contributed by atoms with Crippen LogP contribution in [0.4, 0.5) is 13.6 Å². The van der Waals surface area contributed by atoms with Crippen molar-refractivity contribution in [2.75, 3.05) is 6.54 Å². The van der Waals surface area contributed by atoms with Crippen molar-refractivity contribution in [3.05, 3.63) is 29.8 Å². The summed E-state index contributed by atoms with van der Waals surface area (Å²) in [6, 6.07) is 4.73. The van der Waals surface area contributed by atoms with Crippen LogP contribution < -0.4 is 15.4 Å². The normalized spacial score (nSPS) is 19.8. The number of alkyl halides is 2. The summed E-state index contributed by atoms with van der Waals surface area (Å²) in [5.74, 6) is -1.11. The number of urea groups is 1. The molecular formula is C21H29F2N3O4. The second kappa shape index (κ2) is 8.20. The van der Waals surface area contributed by atoms with E-state index >= 15 is 0 Å². The molecule has 0 aliphatic carbocycles. The maximum atomic E-state index is 12.9. The van der Waals surface area contributed by atoms with Gasteiger partial charge in [0.05, 0.1) is 0 Å². The Morgan fingerprint density at radius 2 is 1.73 bits per heavy atom. The van der Waals surface area contributed by atoms with Gasteiger partial charge in [0, 0.05) is 5.54 Å². The van der Waals surface area contributed by atoms with Gasteiger partial charge in [0.1, 0.15) is 17.8 Å². The molecule has 0 unspecified atom stereocenters. The summed E-state index contributed by atoms with van der Waals surface area (Å²) >= 11 is 0. The minimum Gasteiger partial charge on any atom is -0.435 e. The molecule has 1 aliphatic rings. The summed E-state index contributed by atoms with van der Waals surface area (Å²) in [5, 5.41) is 5.45. The molecule has 0 saturated carbocycles. The molecule has 1 fully saturated rings. The standard InChI is InChI=1S/C21H29F2N3O4/c1-19(2,3)12-20(4,5)24-15(27)11-26-16(28)21(6,25-18(26)29)13-7-9-14(10-8-13)30-17(22)23/h7-10,17H,11-12H2,1-6H3,(H,24,27)(H,25,29)/t21-/m1/s1. The molecule has 1 saturated heterocycles. The van der Waals surface area contributed by atoms with Gasteiger partial charge in [-0.15, -0.1) is 0 Å². The largest absolute Gasteiger partial charge is 0.435 e. The number of imide groups is 1. The lowest BCUT2D eigenvalue weighted by Gasteiger charge is -2.33. The van der Waals surface area contributed by atoms with Crippen molar-refractivity contribution >= 4 is 17.8 Å². The van der Waals surface area contributed by atoms with Crippen LogP contribution in [0, 0.1) is 5.41 Å². The molecule has 1 heterocycles. The Bertz CT molecular complexity index is 819. The van der Waals surface area contributed by atoms with Gasteiger partial charge in [0.2, 0.25) is 5.91 Å². The SMILES string of the molecule is CC(C)(C)CC(C)(C)NC(=O)CN1C(=O)N[C@](C)(c2ccc(OC(F)F)cc2)C1=O. The molecule has 0 spiro atoms. The molecule has 1 atom stereocenters. The fraction of sp³-hybridized carbons (Fsp3) is 0.571. The van der Waals surface area contributed by atoms with E-state index in [1.165, 1.54) is 31.2 Å². The number of hydrogen-bond acceptors (Lipinski definition) is 4. The highest BCUT2D eigenvalue weighted by atomic mass is 19.3. The average Bonchev–Trinajstić information content (AvgIpc) is 2.76. The van der Waals surface area contributed by atoms with Gasteiger partial charge < -0.3 is 15.4 Å². The van der Waals surface area contributed by atoms with Crippen LogP contribution in [0.5, 0.6) is 5.75 Å². The highest BCUT2D eigenvalue weighted by Crippen LogP contribution is 2.31. The fourth-order valence-corrected chi connectivity index (χ4v) is 3.94. The first-order chi connectivity index (χ1) is 13.6. The van der Waals surface area contributed by atoms with Gasteiger partial charge >= 0.3 is 12.6 Å². The van der Waals surface area contributed by atoms with E-state index in [-0.39, 0.29) is 11.2 Å². The minimum atomic E-state index is -2.96. The van der Waals surface area contributed by atoms with Gasteiger partial charge in [-0.05, 0) is 50.3 Å². The van der Waals surface area contributed by atoms with E-state index in [2.05, 4.69) is 36.1 Å². The maximum absolute atomic E-state index is 12.9. The Labute approximate surface area is 175 Å². The van der Waals surface area contributed by atoms with Crippen LogP contribution in [-0.4, -0.2) is 41.4 Å². The lowest BCUT2D eigenvalue weighted by Crippen LogP contribution is -2.50. The third kappa shape index (κ3) is 5.67. The summed E-state index contributed by atoms with van der Waals surface area (Å²) in [6.45, 7) is 8.06. The summed E-state index contributed by atoms with van der Waals surface area (Å²) in [7, 11) is 0. The summed E-state index contributed by atoms with van der Waals surface area (Å²) in [6.07, 6.45) is 0.705. The van der Waals surface area contributed by atoms with Gasteiger partial charge in [-0.3, -0.25) is 14.5 Å². The number of carbonyl (C=O) groups is 3. The van der Waals surface area contributed by atoms with Gasteiger partial charge in [0.25, 0.3) is 5.91 Å². The van der Waals surface area contributed by atoms with E-state index in [0.29, 0.717) is 12.0 Å². The summed E-state index contributed by atoms with van der Waals surface area (Å²) < 4.78 is 28.9. The predicted octanol–water partition coefficient (Wildman–Crippen LogP) is 3.39. The van der Waals surface area contributed by atoms with Crippen molar-refractivity contribution in [2.45, 2.75) is 65.7 Å². The van der Waals surface area contributed by atoms with E-state index in [4.69, 9.17) is 0 Å². The predicted molar refractivity (Wildman–Crippen MR) is 107 cm³/mol. The zero-order valence-electron chi connectivity index (χ0n) is 18.1. The third-order valence-electron chi connectivity index (χ3n) is 4.68. The minimum absolute atomic E-state index is 0.0175. The maximum Gasteiger partial charge on any atom is 0.387 e. The number of benzene rings is 1. The second-order valence-electron chi connectivity index (χ2n) is 9.52. The summed E-state index contributed by atoms with van der Waals surface area (Å²) in [4.78, 5) is 38.7. The monoisotopic (exact) mass is 425 g/mol.